The second kappa shape index (κ2) is 7.87. The van der Waals surface area contributed by atoms with E-state index in [1.165, 1.54) is 4.90 Å². The van der Waals surface area contributed by atoms with Crippen LogP contribution in [0.3, 0.4) is 0 Å². The first-order valence-electron chi connectivity index (χ1n) is 9.09. The van der Waals surface area contributed by atoms with Gasteiger partial charge in [0.1, 0.15) is 0 Å². The van der Waals surface area contributed by atoms with Crippen LogP contribution in [0.1, 0.15) is 36.5 Å². The molecule has 2 saturated heterocycles. The van der Waals surface area contributed by atoms with E-state index in [-0.39, 0.29) is 36.7 Å². The Kier molecular flexibility index (Phi) is 5.55. The molecule has 2 N–H and O–H groups in total. The van der Waals surface area contributed by atoms with Crippen LogP contribution in [0.2, 0.25) is 0 Å². The van der Waals surface area contributed by atoms with Gasteiger partial charge in [0.25, 0.3) is 5.91 Å². The summed E-state index contributed by atoms with van der Waals surface area (Å²) in [5.74, 6) is -1.47. The summed E-state index contributed by atoms with van der Waals surface area (Å²) in [7, 11) is 0. The zero-order chi connectivity index (χ0) is 19.6. The molecular weight excluding hydrogens is 350 g/mol. The van der Waals surface area contributed by atoms with Gasteiger partial charge in [-0.15, -0.1) is 0 Å². The first-order valence-corrected chi connectivity index (χ1v) is 9.09. The Hall–Kier alpha value is -2.74. The number of carbonyl (C=O) groups excluding carboxylic acids is 4. The van der Waals surface area contributed by atoms with E-state index in [9.17, 15) is 19.2 Å². The van der Waals surface area contributed by atoms with Crippen molar-refractivity contribution in [2.24, 2.45) is 11.7 Å². The molecule has 0 unspecified atom stereocenters. The van der Waals surface area contributed by atoms with Crippen LogP contribution in [-0.4, -0.2) is 54.3 Å². The van der Waals surface area contributed by atoms with Gasteiger partial charge >= 0.3 is 5.97 Å². The number of hydrogen-bond donors (Lipinski definition) is 1. The fraction of sp³-hybridized carbons (Fsp3) is 0.474. The number of anilines is 1. The molecular formula is C19H23N3O5. The molecule has 3 amide bonds. The second-order valence-electron chi connectivity index (χ2n) is 6.77. The maximum absolute atomic E-state index is 12.8. The quantitative estimate of drug-likeness (QED) is 0.601. The van der Waals surface area contributed by atoms with Gasteiger partial charge in [-0.05, 0) is 57.1 Å². The molecule has 0 aromatic heterocycles. The molecule has 2 heterocycles. The summed E-state index contributed by atoms with van der Waals surface area (Å²) in [5, 5.41) is 0. The van der Waals surface area contributed by atoms with Crippen LogP contribution in [0, 0.1) is 5.92 Å². The Morgan fingerprint density at radius 2 is 1.78 bits per heavy atom. The molecule has 2 fully saturated rings. The van der Waals surface area contributed by atoms with Crippen LogP contribution in [-0.2, 0) is 19.1 Å². The molecule has 0 spiro atoms. The number of piperidine rings is 1. The number of rotatable bonds is 5. The number of imide groups is 1. The third-order valence-corrected chi connectivity index (χ3v) is 5.13. The number of hydrogen-bond acceptors (Lipinski definition) is 6. The summed E-state index contributed by atoms with van der Waals surface area (Å²) >= 11 is 0. The minimum absolute atomic E-state index is 0.111. The molecule has 8 nitrogen and oxygen atoms in total. The Morgan fingerprint density at radius 3 is 2.33 bits per heavy atom. The van der Waals surface area contributed by atoms with E-state index in [0.717, 1.165) is 0 Å². The maximum Gasteiger partial charge on any atom is 0.338 e. The largest absolute Gasteiger partial charge is 0.462 e. The summed E-state index contributed by atoms with van der Waals surface area (Å²) in [6.07, 6.45) is 1.31. The van der Waals surface area contributed by atoms with E-state index in [1.54, 1.807) is 31.2 Å². The van der Waals surface area contributed by atoms with Gasteiger partial charge in [0.15, 0.2) is 0 Å². The number of nitrogens with zero attached hydrogens (tertiary/aromatic N) is 2. The molecule has 8 heteroatoms. The highest BCUT2D eigenvalue weighted by molar-refractivity contribution is 6.22. The third kappa shape index (κ3) is 3.85. The van der Waals surface area contributed by atoms with Gasteiger partial charge in [0, 0.05) is 5.92 Å². The van der Waals surface area contributed by atoms with E-state index in [2.05, 4.69) is 0 Å². The number of likely N-dealkylation sites (tertiary alicyclic amines) is 1. The predicted molar refractivity (Wildman–Crippen MR) is 96.8 cm³/mol. The van der Waals surface area contributed by atoms with Crippen LogP contribution in [0.5, 0.6) is 0 Å². The number of nitrogens with two attached hydrogens (primary N) is 1. The van der Waals surface area contributed by atoms with Crippen LogP contribution in [0.4, 0.5) is 5.69 Å². The predicted octanol–water partition coefficient (Wildman–Crippen LogP) is 0.693. The summed E-state index contributed by atoms with van der Waals surface area (Å²) in [5.41, 5.74) is 6.15. The number of primary amides is 1. The van der Waals surface area contributed by atoms with E-state index in [4.69, 9.17) is 10.5 Å². The zero-order valence-corrected chi connectivity index (χ0v) is 15.2. The SMILES string of the molecule is CCOC(=O)c1ccc(N2C(=O)C[C@H](N3CCC(C(N)=O)CC3)C2=O)cc1. The van der Waals surface area contributed by atoms with Crippen molar-refractivity contribution < 1.29 is 23.9 Å². The number of benzene rings is 1. The fourth-order valence-corrected chi connectivity index (χ4v) is 3.63. The van der Waals surface area contributed by atoms with Crippen LogP contribution in [0.25, 0.3) is 0 Å². The maximum atomic E-state index is 12.8. The molecule has 0 aliphatic carbocycles. The lowest BCUT2D eigenvalue weighted by Gasteiger charge is -2.33. The molecule has 144 valence electrons. The van der Waals surface area contributed by atoms with Crippen molar-refractivity contribution in [2.45, 2.75) is 32.2 Å². The van der Waals surface area contributed by atoms with E-state index < -0.39 is 12.0 Å². The Bertz CT molecular complexity index is 753. The Labute approximate surface area is 157 Å². The summed E-state index contributed by atoms with van der Waals surface area (Å²) in [6, 6.07) is 5.71. The molecule has 0 radical (unpaired) electrons. The minimum atomic E-state index is -0.518. The van der Waals surface area contributed by atoms with Gasteiger partial charge in [-0.1, -0.05) is 0 Å². The number of esters is 1. The van der Waals surface area contributed by atoms with Gasteiger partial charge in [-0.25, -0.2) is 9.69 Å². The van der Waals surface area contributed by atoms with Crippen molar-refractivity contribution in [3.8, 4) is 0 Å². The summed E-state index contributed by atoms with van der Waals surface area (Å²) < 4.78 is 4.93. The first kappa shape index (κ1) is 19.0. The van der Waals surface area contributed by atoms with Crippen molar-refractivity contribution >= 4 is 29.4 Å². The molecule has 27 heavy (non-hydrogen) atoms. The van der Waals surface area contributed by atoms with Crippen molar-refractivity contribution in [1.82, 2.24) is 4.90 Å². The lowest BCUT2D eigenvalue weighted by molar-refractivity contribution is -0.124. The molecule has 1 aromatic carbocycles. The van der Waals surface area contributed by atoms with E-state index >= 15 is 0 Å². The lowest BCUT2D eigenvalue weighted by Crippen LogP contribution is -2.47. The van der Waals surface area contributed by atoms with E-state index in [1.807, 2.05) is 4.90 Å². The molecule has 0 bridgehead atoms. The zero-order valence-electron chi connectivity index (χ0n) is 15.2. The fourth-order valence-electron chi connectivity index (χ4n) is 3.63. The summed E-state index contributed by atoms with van der Waals surface area (Å²) in [4.78, 5) is 51.4. The van der Waals surface area contributed by atoms with Crippen LogP contribution >= 0.6 is 0 Å². The standard InChI is InChI=1S/C19H23N3O5/c1-2-27-19(26)13-3-5-14(6-4-13)22-16(23)11-15(18(22)25)21-9-7-12(8-10-21)17(20)24/h3-6,12,15H,2,7-11H2,1H3,(H2,20,24)/t15-/m0/s1. The molecule has 3 rings (SSSR count). The van der Waals surface area contributed by atoms with Crippen molar-refractivity contribution in [3.05, 3.63) is 29.8 Å². The topological polar surface area (TPSA) is 110 Å². The third-order valence-electron chi connectivity index (χ3n) is 5.13. The second-order valence-corrected chi connectivity index (χ2v) is 6.77. The van der Waals surface area contributed by atoms with Gasteiger partial charge < -0.3 is 10.5 Å². The van der Waals surface area contributed by atoms with Gasteiger partial charge in [-0.3, -0.25) is 19.3 Å². The highest BCUT2D eigenvalue weighted by atomic mass is 16.5. The highest BCUT2D eigenvalue weighted by Crippen LogP contribution is 2.28. The van der Waals surface area contributed by atoms with Crippen LogP contribution in [0.15, 0.2) is 24.3 Å². The van der Waals surface area contributed by atoms with Gasteiger partial charge in [0.05, 0.1) is 30.3 Å². The molecule has 0 saturated carbocycles. The number of carbonyl (C=O) groups is 4. The Balaban J connectivity index is 1.69. The molecule has 2 aliphatic rings. The minimum Gasteiger partial charge on any atom is -0.462 e. The van der Waals surface area contributed by atoms with Crippen molar-refractivity contribution in [3.63, 3.8) is 0 Å². The lowest BCUT2D eigenvalue weighted by atomic mass is 9.95. The monoisotopic (exact) mass is 373 g/mol. The molecule has 2 aliphatic heterocycles. The average Bonchev–Trinajstić information content (AvgIpc) is 2.96. The van der Waals surface area contributed by atoms with Gasteiger partial charge in [-0.2, -0.15) is 0 Å². The normalized spacial score (nSPS) is 21.5. The van der Waals surface area contributed by atoms with Crippen molar-refractivity contribution in [1.29, 1.82) is 0 Å². The van der Waals surface area contributed by atoms with Gasteiger partial charge in [0.2, 0.25) is 11.8 Å². The number of ether oxygens (including phenoxy) is 1. The molecule has 1 atom stereocenters. The number of amides is 3. The smallest absolute Gasteiger partial charge is 0.338 e. The molecule has 1 aromatic rings. The first-order chi connectivity index (χ1) is 12.9. The van der Waals surface area contributed by atoms with Crippen LogP contribution < -0.4 is 10.6 Å². The van der Waals surface area contributed by atoms with E-state index in [0.29, 0.717) is 37.2 Å². The Morgan fingerprint density at radius 1 is 1.15 bits per heavy atom. The van der Waals surface area contributed by atoms with Crippen molar-refractivity contribution in [2.75, 3.05) is 24.6 Å². The summed E-state index contributed by atoms with van der Waals surface area (Å²) in [6.45, 7) is 3.12. The average molecular weight is 373 g/mol. The highest BCUT2D eigenvalue weighted by Gasteiger charge is 2.43.